The Hall–Kier alpha value is -1.51. The Labute approximate surface area is 128 Å². The average Bonchev–Trinajstić information content (AvgIpc) is 2.49. The molecule has 0 N–H and O–H groups in total. The van der Waals surface area contributed by atoms with Gasteiger partial charge in [-0.05, 0) is 43.2 Å². The van der Waals surface area contributed by atoms with Gasteiger partial charge in [0.2, 0.25) is 0 Å². The van der Waals surface area contributed by atoms with Gasteiger partial charge in [-0.1, -0.05) is 26.8 Å². The quantitative estimate of drug-likeness (QED) is 0.532. The highest BCUT2D eigenvalue weighted by molar-refractivity contribution is 5.45. The van der Waals surface area contributed by atoms with Crippen LogP contribution in [0.15, 0.2) is 24.8 Å². The summed E-state index contributed by atoms with van der Waals surface area (Å²) in [5.41, 5.74) is 0.687. The molecule has 0 saturated carbocycles. The Kier molecular flexibility index (Phi) is 7.88. The van der Waals surface area contributed by atoms with Crippen LogP contribution in [0, 0.1) is 5.82 Å². The van der Waals surface area contributed by atoms with E-state index in [0.717, 1.165) is 25.7 Å². The third kappa shape index (κ3) is 5.07. The summed E-state index contributed by atoms with van der Waals surface area (Å²) in [6, 6.07) is 3.26. The van der Waals surface area contributed by atoms with Crippen LogP contribution in [0.25, 0.3) is 0 Å². The van der Waals surface area contributed by atoms with Crippen molar-refractivity contribution in [1.82, 2.24) is 0 Å². The normalized spacial score (nSPS) is 12.0. The standard InChI is InChI=1S/C18H27FO2/c1-5-9-14(8-4)15-12-17(20-10-6-2)18(13-16(15)19)21-11-7-3/h5,12-14H,1,6-11H2,2-4H3. The van der Waals surface area contributed by atoms with Gasteiger partial charge in [-0.2, -0.15) is 0 Å². The Morgan fingerprint density at radius 1 is 1.10 bits per heavy atom. The topological polar surface area (TPSA) is 18.5 Å². The first-order chi connectivity index (χ1) is 10.2. The van der Waals surface area contributed by atoms with Crippen LogP contribution in [0.1, 0.15) is 57.9 Å². The zero-order valence-corrected chi connectivity index (χ0v) is 13.5. The second kappa shape index (κ2) is 9.43. The number of benzene rings is 1. The van der Waals surface area contributed by atoms with E-state index >= 15 is 0 Å². The van der Waals surface area contributed by atoms with Crippen molar-refractivity contribution in [3.8, 4) is 11.5 Å². The molecule has 1 aromatic rings. The molecule has 0 aliphatic rings. The van der Waals surface area contributed by atoms with E-state index in [4.69, 9.17) is 9.47 Å². The highest BCUT2D eigenvalue weighted by atomic mass is 19.1. The minimum atomic E-state index is -0.223. The van der Waals surface area contributed by atoms with Crippen molar-refractivity contribution < 1.29 is 13.9 Å². The summed E-state index contributed by atoms with van der Waals surface area (Å²) < 4.78 is 25.7. The van der Waals surface area contributed by atoms with Crippen LogP contribution < -0.4 is 9.47 Å². The van der Waals surface area contributed by atoms with E-state index < -0.39 is 0 Å². The predicted molar refractivity (Wildman–Crippen MR) is 85.8 cm³/mol. The number of halogens is 1. The summed E-state index contributed by atoms with van der Waals surface area (Å²) in [5, 5.41) is 0. The molecule has 21 heavy (non-hydrogen) atoms. The SMILES string of the molecule is C=CCC(CC)c1cc(OCCC)c(OCCC)cc1F. The maximum absolute atomic E-state index is 14.4. The second-order valence-corrected chi connectivity index (χ2v) is 5.15. The highest BCUT2D eigenvalue weighted by Crippen LogP contribution is 2.36. The summed E-state index contributed by atoms with van der Waals surface area (Å²) >= 11 is 0. The maximum atomic E-state index is 14.4. The predicted octanol–water partition coefficient (Wildman–Crippen LogP) is 5.47. The van der Waals surface area contributed by atoms with Gasteiger partial charge in [0.1, 0.15) is 5.82 Å². The molecular formula is C18H27FO2. The van der Waals surface area contributed by atoms with Gasteiger partial charge in [-0.25, -0.2) is 4.39 Å². The van der Waals surface area contributed by atoms with Crippen molar-refractivity contribution in [3.63, 3.8) is 0 Å². The number of hydrogen-bond donors (Lipinski definition) is 0. The van der Waals surface area contributed by atoms with Crippen molar-refractivity contribution in [2.24, 2.45) is 0 Å². The van der Waals surface area contributed by atoms with E-state index in [2.05, 4.69) is 13.5 Å². The highest BCUT2D eigenvalue weighted by Gasteiger charge is 2.18. The van der Waals surface area contributed by atoms with Gasteiger partial charge < -0.3 is 9.47 Å². The molecule has 2 nitrogen and oxygen atoms in total. The lowest BCUT2D eigenvalue weighted by Gasteiger charge is -2.18. The fourth-order valence-electron chi connectivity index (χ4n) is 2.23. The third-order valence-electron chi connectivity index (χ3n) is 3.37. The van der Waals surface area contributed by atoms with Gasteiger partial charge >= 0.3 is 0 Å². The number of ether oxygens (including phenoxy) is 2. The first kappa shape index (κ1) is 17.5. The molecule has 118 valence electrons. The van der Waals surface area contributed by atoms with Crippen LogP contribution in [0.5, 0.6) is 11.5 Å². The van der Waals surface area contributed by atoms with Crippen molar-refractivity contribution in [2.45, 2.75) is 52.4 Å². The molecule has 1 aromatic carbocycles. The molecule has 0 aromatic heterocycles. The van der Waals surface area contributed by atoms with Crippen molar-refractivity contribution >= 4 is 0 Å². The molecule has 0 spiro atoms. The molecule has 0 aliphatic heterocycles. The molecule has 0 bridgehead atoms. The maximum Gasteiger partial charge on any atom is 0.164 e. The van der Waals surface area contributed by atoms with Gasteiger partial charge in [-0.3, -0.25) is 0 Å². The van der Waals surface area contributed by atoms with Gasteiger partial charge in [0.25, 0.3) is 0 Å². The zero-order chi connectivity index (χ0) is 15.7. The summed E-state index contributed by atoms with van der Waals surface area (Å²) in [4.78, 5) is 0. The summed E-state index contributed by atoms with van der Waals surface area (Å²) in [6.07, 6.45) is 5.25. The number of rotatable bonds is 10. The van der Waals surface area contributed by atoms with Gasteiger partial charge in [0.15, 0.2) is 11.5 Å². The molecule has 3 heteroatoms. The van der Waals surface area contributed by atoms with Crippen molar-refractivity contribution in [1.29, 1.82) is 0 Å². The molecule has 0 amide bonds. The lowest BCUT2D eigenvalue weighted by atomic mass is 9.92. The molecule has 0 heterocycles. The Balaban J connectivity index is 3.11. The van der Waals surface area contributed by atoms with Crippen LogP contribution in [0.4, 0.5) is 4.39 Å². The summed E-state index contributed by atoms with van der Waals surface area (Å²) in [7, 11) is 0. The van der Waals surface area contributed by atoms with E-state index in [-0.39, 0.29) is 11.7 Å². The second-order valence-electron chi connectivity index (χ2n) is 5.15. The largest absolute Gasteiger partial charge is 0.490 e. The van der Waals surface area contributed by atoms with E-state index in [1.165, 1.54) is 6.07 Å². The monoisotopic (exact) mass is 294 g/mol. The van der Waals surface area contributed by atoms with Crippen molar-refractivity contribution in [2.75, 3.05) is 13.2 Å². The summed E-state index contributed by atoms with van der Waals surface area (Å²) in [6.45, 7) is 11.0. The Morgan fingerprint density at radius 3 is 2.14 bits per heavy atom. The lowest BCUT2D eigenvalue weighted by molar-refractivity contribution is 0.266. The fraction of sp³-hybridized carbons (Fsp3) is 0.556. The smallest absolute Gasteiger partial charge is 0.164 e. The molecule has 0 fully saturated rings. The van der Waals surface area contributed by atoms with E-state index in [9.17, 15) is 4.39 Å². The molecule has 0 radical (unpaired) electrons. The molecular weight excluding hydrogens is 267 g/mol. The third-order valence-corrected chi connectivity index (χ3v) is 3.37. The first-order valence-corrected chi connectivity index (χ1v) is 7.87. The molecule has 0 aliphatic carbocycles. The Bertz CT molecular complexity index is 443. The first-order valence-electron chi connectivity index (χ1n) is 7.87. The van der Waals surface area contributed by atoms with Gasteiger partial charge in [0.05, 0.1) is 13.2 Å². The molecule has 0 saturated heterocycles. The van der Waals surface area contributed by atoms with Gasteiger partial charge in [0, 0.05) is 6.07 Å². The van der Waals surface area contributed by atoms with E-state index in [1.807, 2.05) is 19.9 Å². The van der Waals surface area contributed by atoms with Crippen LogP contribution in [-0.2, 0) is 0 Å². The fourth-order valence-corrected chi connectivity index (χ4v) is 2.23. The van der Waals surface area contributed by atoms with E-state index in [0.29, 0.717) is 30.3 Å². The number of hydrogen-bond acceptors (Lipinski definition) is 2. The van der Waals surface area contributed by atoms with Gasteiger partial charge in [-0.15, -0.1) is 6.58 Å². The molecule has 1 atom stereocenters. The molecule has 1 rings (SSSR count). The minimum absolute atomic E-state index is 0.131. The summed E-state index contributed by atoms with van der Waals surface area (Å²) in [5.74, 6) is 1.05. The minimum Gasteiger partial charge on any atom is -0.490 e. The van der Waals surface area contributed by atoms with Crippen LogP contribution >= 0.6 is 0 Å². The van der Waals surface area contributed by atoms with Crippen LogP contribution in [0.2, 0.25) is 0 Å². The van der Waals surface area contributed by atoms with E-state index in [1.54, 1.807) is 6.07 Å². The molecule has 1 unspecified atom stereocenters. The lowest BCUT2D eigenvalue weighted by Crippen LogP contribution is -2.06. The zero-order valence-electron chi connectivity index (χ0n) is 13.5. The van der Waals surface area contributed by atoms with Crippen LogP contribution in [-0.4, -0.2) is 13.2 Å². The van der Waals surface area contributed by atoms with Crippen LogP contribution in [0.3, 0.4) is 0 Å². The number of allylic oxidation sites excluding steroid dienone is 1. The average molecular weight is 294 g/mol. The Morgan fingerprint density at radius 2 is 1.67 bits per heavy atom. The van der Waals surface area contributed by atoms with Crippen molar-refractivity contribution in [3.05, 3.63) is 36.2 Å².